The van der Waals surface area contributed by atoms with Crippen LogP contribution in [0.5, 0.6) is 0 Å². The zero-order valence-electron chi connectivity index (χ0n) is 11.8. The average molecular weight is 282 g/mol. The quantitative estimate of drug-likeness (QED) is 0.657. The first kappa shape index (κ1) is 13.1. The molecule has 3 rings (SSSR count). The highest BCUT2D eigenvalue weighted by Gasteiger charge is 2.10. The molecule has 0 fully saturated rings. The number of fused-ring (bicyclic) bond motifs is 1. The van der Waals surface area contributed by atoms with E-state index in [0.29, 0.717) is 0 Å². The standard InChI is InChI=1S/C17H18N2S/c1-3-11-19(14-7-5-4-6-8-14)15-9-10-17-16(12-15)18-13(2)20-17/h4-10,12H,3,11H2,1-2H3. The van der Waals surface area contributed by atoms with Crippen molar-refractivity contribution in [3.63, 3.8) is 0 Å². The molecule has 0 atom stereocenters. The van der Waals surface area contributed by atoms with Gasteiger partial charge in [0.2, 0.25) is 0 Å². The summed E-state index contributed by atoms with van der Waals surface area (Å²) >= 11 is 1.75. The molecular formula is C17H18N2S. The molecular weight excluding hydrogens is 264 g/mol. The number of aromatic nitrogens is 1. The van der Waals surface area contributed by atoms with Gasteiger partial charge in [0.1, 0.15) is 0 Å². The molecule has 0 radical (unpaired) electrons. The summed E-state index contributed by atoms with van der Waals surface area (Å²) in [6.07, 6.45) is 1.11. The Bertz CT molecular complexity index is 703. The van der Waals surface area contributed by atoms with E-state index in [1.807, 2.05) is 0 Å². The van der Waals surface area contributed by atoms with Crippen LogP contribution in [-0.4, -0.2) is 11.5 Å². The highest BCUT2D eigenvalue weighted by Crippen LogP contribution is 2.30. The van der Waals surface area contributed by atoms with Gasteiger partial charge in [0, 0.05) is 17.9 Å². The number of aryl methyl sites for hydroxylation is 1. The Morgan fingerprint density at radius 3 is 2.60 bits per heavy atom. The second kappa shape index (κ2) is 5.63. The number of para-hydroxylation sites is 1. The SMILES string of the molecule is CCCN(c1ccccc1)c1ccc2sc(C)nc2c1. The van der Waals surface area contributed by atoms with Gasteiger partial charge in [-0.3, -0.25) is 0 Å². The molecule has 0 aliphatic rings. The minimum atomic E-state index is 1.01. The van der Waals surface area contributed by atoms with Crippen LogP contribution < -0.4 is 4.90 Å². The van der Waals surface area contributed by atoms with E-state index in [9.17, 15) is 0 Å². The number of anilines is 2. The Labute approximate surface area is 123 Å². The van der Waals surface area contributed by atoms with Crippen LogP contribution >= 0.6 is 11.3 Å². The molecule has 0 unspecified atom stereocenters. The molecule has 2 nitrogen and oxygen atoms in total. The lowest BCUT2D eigenvalue weighted by Crippen LogP contribution is -2.17. The lowest BCUT2D eigenvalue weighted by atomic mass is 10.2. The Morgan fingerprint density at radius 1 is 1.05 bits per heavy atom. The molecule has 0 aliphatic carbocycles. The van der Waals surface area contributed by atoms with Gasteiger partial charge >= 0.3 is 0 Å². The molecule has 20 heavy (non-hydrogen) atoms. The number of benzene rings is 2. The third-order valence-electron chi connectivity index (χ3n) is 3.30. The summed E-state index contributed by atoms with van der Waals surface area (Å²) in [6, 6.07) is 17.1. The molecule has 0 saturated carbocycles. The molecule has 0 spiro atoms. The largest absolute Gasteiger partial charge is 0.341 e. The van der Waals surface area contributed by atoms with Crippen molar-refractivity contribution in [1.29, 1.82) is 0 Å². The molecule has 0 bridgehead atoms. The molecule has 0 aliphatic heterocycles. The van der Waals surface area contributed by atoms with Crippen molar-refractivity contribution in [1.82, 2.24) is 4.98 Å². The molecule has 1 heterocycles. The first-order valence-electron chi connectivity index (χ1n) is 6.97. The Balaban J connectivity index is 2.04. The number of hydrogen-bond donors (Lipinski definition) is 0. The molecule has 0 N–H and O–H groups in total. The predicted octanol–water partition coefficient (Wildman–Crippen LogP) is 5.15. The number of hydrogen-bond acceptors (Lipinski definition) is 3. The van der Waals surface area contributed by atoms with Gasteiger partial charge in [0.25, 0.3) is 0 Å². The summed E-state index contributed by atoms with van der Waals surface area (Å²) in [4.78, 5) is 6.96. The number of nitrogens with zero attached hydrogens (tertiary/aromatic N) is 2. The maximum absolute atomic E-state index is 4.60. The van der Waals surface area contributed by atoms with Crippen molar-refractivity contribution in [3.05, 3.63) is 53.5 Å². The van der Waals surface area contributed by atoms with Crippen molar-refractivity contribution in [2.45, 2.75) is 20.3 Å². The average Bonchev–Trinajstić information content (AvgIpc) is 2.84. The summed E-state index contributed by atoms with van der Waals surface area (Å²) in [5.41, 5.74) is 3.55. The molecule has 102 valence electrons. The van der Waals surface area contributed by atoms with E-state index in [4.69, 9.17) is 0 Å². The first-order valence-corrected chi connectivity index (χ1v) is 7.79. The van der Waals surface area contributed by atoms with Gasteiger partial charge in [-0.2, -0.15) is 0 Å². The highest BCUT2D eigenvalue weighted by atomic mass is 32.1. The molecule has 1 aromatic heterocycles. The van der Waals surface area contributed by atoms with Crippen LogP contribution in [0.3, 0.4) is 0 Å². The van der Waals surface area contributed by atoms with Crippen LogP contribution in [0.4, 0.5) is 11.4 Å². The zero-order chi connectivity index (χ0) is 13.9. The van der Waals surface area contributed by atoms with E-state index in [-0.39, 0.29) is 0 Å². The van der Waals surface area contributed by atoms with Gasteiger partial charge in [0.05, 0.1) is 15.2 Å². The van der Waals surface area contributed by atoms with Gasteiger partial charge in [-0.25, -0.2) is 4.98 Å². The van der Waals surface area contributed by atoms with Gasteiger partial charge in [-0.1, -0.05) is 25.1 Å². The van der Waals surface area contributed by atoms with Crippen molar-refractivity contribution in [3.8, 4) is 0 Å². The Morgan fingerprint density at radius 2 is 1.85 bits per heavy atom. The molecule has 3 aromatic rings. The van der Waals surface area contributed by atoms with Gasteiger partial charge < -0.3 is 4.90 Å². The van der Waals surface area contributed by atoms with Gasteiger partial charge in [-0.15, -0.1) is 11.3 Å². The maximum atomic E-state index is 4.60. The molecule has 3 heteroatoms. The molecule has 2 aromatic carbocycles. The van der Waals surface area contributed by atoms with E-state index >= 15 is 0 Å². The molecule has 0 amide bonds. The zero-order valence-corrected chi connectivity index (χ0v) is 12.7. The van der Waals surface area contributed by atoms with E-state index in [1.165, 1.54) is 16.1 Å². The van der Waals surface area contributed by atoms with E-state index in [0.717, 1.165) is 23.5 Å². The fourth-order valence-corrected chi connectivity index (χ4v) is 3.25. The minimum Gasteiger partial charge on any atom is -0.341 e. The number of rotatable bonds is 4. The third-order valence-corrected chi connectivity index (χ3v) is 4.26. The summed E-state index contributed by atoms with van der Waals surface area (Å²) in [7, 11) is 0. The smallest absolute Gasteiger partial charge is 0.0907 e. The van der Waals surface area contributed by atoms with Crippen LogP contribution in [0, 0.1) is 6.92 Å². The fourth-order valence-electron chi connectivity index (χ4n) is 2.44. The Kier molecular flexibility index (Phi) is 3.70. The van der Waals surface area contributed by atoms with E-state index in [1.54, 1.807) is 11.3 Å². The fraction of sp³-hybridized carbons (Fsp3) is 0.235. The normalized spacial score (nSPS) is 10.9. The minimum absolute atomic E-state index is 1.01. The summed E-state index contributed by atoms with van der Waals surface area (Å²) in [6.45, 7) is 5.28. The van der Waals surface area contributed by atoms with E-state index in [2.05, 4.69) is 72.3 Å². The summed E-state index contributed by atoms with van der Waals surface area (Å²) in [5, 5.41) is 1.12. The topological polar surface area (TPSA) is 16.1 Å². The van der Waals surface area contributed by atoms with Gasteiger partial charge in [-0.05, 0) is 43.7 Å². The lowest BCUT2D eigenvalue weighted by Gasteiger charge is -2.24. The van der Waals surface area contributed by atoms with Crippen LogP contribution in [0.15, 0.2) is 48.5 Å². The highest BCUT2D eigenvalue weighted by molar-refractivity contribution is 7.18. The second-order valence-electron chi connectivity index (χ2n) is 4.87. The van der Waals surface area contributed by atoms with Crippen LogP contribution in [0.2, 0.25) is 0 Å². The summed E-state index contributed by atoms with van der Waals surface area (Å²) < 4.78 is 1.26. The van der Waals surface area contributed by atoms with Crippen molar-refractivity contribution >= 4 is 32.9 Å². The molecule has 0 saturated heterocycles. The third kappa shape index (κ3) is 2.54. The van der Waals surface area contributed by atoms with Crippen LogP contribution in [0.25, 0.3) is 10.2 Å². The number of thiazole rings is 1. The maximum Gasteiger partial charge on any atom is 0.0907 e. The van der Waals surface area contributed by atoms with Crippen molar-refractivity contribution in [2.24, 2.45) is 0 Å². The first-order chi connectivity index (χ1) is 9.78. The summed E-state index contributed by atoms with van der Waals surface area (Å²) in [5.74, 6) is 0. The van der Waals surface area contributed by atoms with Gasteiger partial charge in [0.15, 0.2) is 0 Å². The van der Waals surface area contributed by atoms with E-state index < -0.39 is 0 Å². The second-order valence-corrected chi connectivity index (χ2v) is 6.11. The van der Waals surface area contributed by atoms with Crippen LogP contribution in [0.1, 0.15) is 18.4 Å². The van der Waals surface area contributed by atoms with Crippen molar-refractivity contribution in [2.75, 3.05) is 11.4 Å². The van der Waals surface area contributed by atoms with Crippen molar-refractivity contribution < 1.29 is 0 Å². The lowest BCUT2D eigenvalue weighted by molar-refractivity contribution is 0.886. The monoisotopic (exact) mass is 282 g/mol. The Hall–Kier alpha value is -1.87. The van der Waals surface area contributed by atoms with Crippen LogP contribution in [-0.2, 0) is 0 Å². The predicted molar refractivity (Wildman–Crippen MR) is 88.1 cm³/mol.